The second kappa shape index (κ2) is 2.62. The molecule has 3 aliphatic rings. The van der Waals surface area contributed by atoms with Gasteiger partial charge in [0.2, 0.25) is 0 Å². The summed E-state index contributed by atoms with van der Waals surface area (Å²) in [5.74, 6) is 0.554. The Hall–Kier alpha value is -0.440. The summed E-state index contributed by atoms with van der Waals surface area (Å²) in [6.07, 6.45) is 6.12. The number of allylic oxidation sites excluding steroid dienone is 2. The van der Waals surface area contributed by atoms with Crippen molar-refractivity contribution in [3.8, 4) is 0 Å². The first-order chi connectivity index (χ1) is 7.00. The molecule has 0 aromatic heterocycles. The second-order valence-corrected chi connectivity index (χ2v) is 6.66. The summed E-state index contributed by atoms with van der Waals surface area (Å²) < 4.78 is -0.533. The molecule has 0 spiro atoms. The summed E-state index contributed by atoms with van der Waals surface area (Å²) in [5, 5.41) is 0. The fourth-order valence-electron chi connectivity index (χ4n) is 3.78. The zero-order valence-electron chi connectivity index (χ0n) is 8.63. The number of hydrogen-bond donors (Lipinski definition) is 0. The first kappa shape index (κ1) is 9.76. The van der Waals surface area contributed by atoms with Crippen LogP contribution in [0.15, 0.2) is 12.2 Å². The number of hydrogen-bond acceptors (Lipinski definition) is 2. The Bertz CT molecular complexity index is 394. The van der Waals surface area contributed by atoms with Gasteiger partial charge in [0.1, 0.15) is 0 Å². The van der Waals surface area contributed by atoms with E-state index >= 15 is 0 Å². The topological polar surface area (TPSA) is 34.1 Å². The summed E-state index contributed by atoms with van der Waals surface area (Å²) in [5.41, 5.74) is -0.297. The van der Waals surface area contributed by atoms with Gasteiger partial charge in [-0.05, 0) is 31.3 Å². The molecule has 2 fully saturated rings. The van der Waals surface area contributed by atoms with Gasteiger partial charge in [0, 0.05) is 11.3 Å². The molecule has 0 aromatic rings. The maximum absolute atomic E-state index is 12.4. The molecule has 3 heteroatoms. The average Bonchev–Trinajstić information content (AvgIpc) is 2.55. The molecule has 4 bridgehead atoms. The minimum Gasteiger partial charge on any atom is -0.297 e. The van der Waals surface area contributed by atoms with E-state index < -0.39 is 4.32 Å². The number of halogens is 1. The minimum absolute atomic E-state index is 0.103. The van der Waals surface area contributed by atoms with E-state index in [-0.39, 0.29) is 28.8 Å². The average molecular weight is 269 g/mol. The van der Waals surface area contributed by atoms with Gasteiger partial charge in [-0.3, -0.25) is 9.59 Å². The third kappa shape index (κ3) is 0.913. The zero-order chi connectivity index (χ0) is 10.8. The van der Waals surface area contributed by atoms with Crippen molar-refractivity contribution in [3.05, 3.63) is 12.2 Å². The SMILES string of the molecule is CC12CC=CC(=O)C3C1CCC3(Br)C2=O. The number of alkyl halides is 1. The van der Waals surface area contributed by atoms with Crippen molar-refractivity contribution in [2.45, 2.75) is 30.5 Å². The highest BCUT2D eigenvalue weighted by Crippen LogP contribution is 2.65. The number of rotatable bonds is 0. The first-order valence-corrected chi connectivity index (χ1v) is 6.24. The van der Waals surface area contributed by atoms with Gasteiger partial charge in [-0.15, -0.1) is 0 Å². The number of Topliss-reactive ketones (excluding diaryl/α,β-unsaturated/α-hetero) is 1. The number of carbonyl (C=O) groups is 2. The van der Waals surface area contributed by atoms with Gasteiger partial charge < -0.3 is 0 Å². The van der Waals surface area contributed by atoms with Gasteiger partial charge in [0.15, 0.2) is 11.6 Å². The van der Waals surface area contributed by atoms with Gasteiger partial charge in [-0.1, -0.05) is 28.9 Å². The minimum atomic E-state index is -0.533. The molecule has 2 saturated carbocycles. The smallest absolute Gasteiger partial charge is 0.160 e. The van der Waals surface area contributed by atoms with Gasteiger partial charge in [0.25, 0.3) is 0 Å². The predicted molar refractivity (Wildman–Crippen MR) is 59.8 cm³/mol. The van der Waals surface area contributed by atoms with Crippen LogP contribution in [-0.2, 0) is 9.59 Å². The fourth-order valence-corrected chi connectivity index (χ4v) is 5.01. The van der Waals surface area contributed by atoms with E-state index in [1.165, 1.54) is 0 Å². The van der Waals surface area contributed by atoms with Crippen LogP contribution in [0.5, 0.6) is 0 Å². The number of ketones is 2. The van der Waals surface area contributed by atoms with Crippen molar-refractivity contribution in [1.29, 1.82) is 0 Å². The Morgan fingerprint density at radius 2 is 2.20 bits per heavy atom. The van der Waals surface area contributed by atoms with E-state index in [2.05, 4.69) is 15.9 Å². The van der Waals surface area contributed by atoms with Gasteiger partial charge in [-0.25, -0.2) is 0 Å². The van der Waals surface area contributed by atoms with Crippen LogP contribution in [0.1, 0.15) is 26.2 Å². The molecule has 0 saturated heterocycles. The Balaban J connectivity index is 2.22. The summed E-state index contributed by atoms with van der Waals surface area (Å²) in [4.78, 5) is 24.3. The quantitative estimate of drug-likeness (QED) is 0.632. The summed E-state index contributed by atoms with van der Waals surface area (Å²) >= 11 is 3.57. The molecule has 15 heavy (non-hydrogen) atoms. The lowest BCUT2D eigenvalue weighted by molar-refractivity contribution is -0.130. The van der Waals surface area contributed by atoms with Crippen LogP contribution in [0.3, 0.4) is 0 Å². The molecule has 4 atom stereocenters. The molecule has 0 amide bonds. The summed E-state index contributed by atoms with van der Waals surface area (Å²) in [7, 11) is 0. The van der Waals surface area contributed by atoms with Gasteiger partial charge in [0.05, 0.1) is 4.32 Å². The molecule has 0 heterocycles. The van der Waals surface area contributed by atoms with Gasteiger partial charge >= 0.3 is 0 Å². The van der Waals surface area contributed by atoms with Crippen molar-refractivity contribution in [2.75, 3.05) is 0 Å². The maximum Gasteiger partial charge on any atom is 0.160 e. The van der Waals surface area contributed by atoms with Crippen LogP contribution < -0.4 is 0 Å². The largest absolute Gasteiger partial charge is 0.297 e. The van der Waals surface area contributed by atoms with Crippen LogP contribution in [-0.4, -0.2) is 15.9 Å². The Morgan fingerprint density at radius 1 is 1.47 bits per heavy atom. The van der Waals surface area contributed by atoms with Crippen LogP contribution >= 0.6 is 15.9 Å². The van der Waals surface area contributed by atoms with Crippen LogP contribution in [0.4, 0.5) is 0 Å². The van der Waals surface area contributed by atoms with E-state index in [0.717, 1.165) is 19.3 Å². The van der Waals surface area contributed by atoms with Crippen LogP contribution in [0.2, 0.25) is 0 Å². The second-order valence-electron chi connectivity index (χ2n) is 5.24. The highest BCUT2D eigenvalue weighted by Gasteiger charge is 2.70. The molecule has 0 aliphatic heterocycles. The van der Waals surface area contributed by atoms with Crippen molar-refractivity contribution in [2.24, 2.45) is 17.3 Å². The van der Waals surface area contributed by atoms with E-state index in [1.807, 2.05) is 13.0 Å². The van der Waals surface area contributed by atoms with Crippen molar-refractivity contribution >= 4 is 27.5 Å². The molecule has 80 valence electrons. The molecule has 3 rings (SSSR count). The Labute approximate surface area is 97.2 Å². The molecular formula is C12H13BrO2. The van der Waals surface area contributed by atoms with E-state index in [1.54, 1.807) is 6.08 Å². The standard InChI is InChI=1S/C12H13BrO2/c1-11-5-2-3-8(14)9-7(11)4-6-12(9,13)10(11)15/h2-3,7,9H,4-6H2,1H3. The van der Waals surface area contributed by atoms with Crippen molar-refractivity contribution in [1.82, 2.24) is 0 Å². The maximum atomic E-state index is 12.4. The molecule has 3 aliphatic carbocycles. The van der Waals surface area contributed by atoms with Crippen molar-refractivity contribution in [3.63, 3.8) is 0 Å². The highest BCUT2D eigenvalue weighted by atomic mass is 79.9. The molecule has 0 radical (unpaired) electrons. The third-order valence-corrected chi connectivity index (χ3v) is 5.81. The fraction of sp³-hybridized carbons (Fsp3) is 0.667. The monoisotopic (exact) mass is 268 g/mol. The molecule has 2 nitrogen and oxygen atoms in total. The number of carbonyl (C=O) groups excluding carboxylic acids is 2. The summed E-state index contributed by atoms with van der Waals surface area (Å²) in [6.45, 7) is 2.03. The van der Waals surface area contributed by atoms with Crippen LogP contribution in [0, 0.1) is 17.3 Å². The Kier molecular flexibility index (Phi) is 1.71. The lowest BCUT2D eigenvalue weighted by atomic mass is 9.71. The molecule has 0 N–H and O–H groups in total. The molecule has 0 aromatic carbocycles. The predicted octanol–water partition coefficient (Wildman–Crippen LogP) is 2.26. The first-order valence-electron chi connectivity index (χ1n) is 5.44. The Morgan fingerprint density at radius 3 is 2.93 bits per heavy atom. The zero-order valence-corrected chi connectivity index (χ0v) is 10.2. The van der Waals surface area contributed by atoms with E-state index in [9.17, 15) is 9.59 Å². The highest BCUT2D eigenvalue weighted by molar-refractivity contribution is 9.10. The lowest BCUT2D eigenvalue weighted by Gasteiger charge is -2.32. The van der Waals surface area contributed by atoms with E-state index in [4.69, 9.17) is 0 Å². The van der Waals surface area contributed by atoms with Gasteiger partial charge in [-0.2, -0.15) is 0 Å². The van der Waals surface area contributed by atoms with Crippen molar-refractivity contribution < 1.29 is 9.59 Å². The normalized spacial score (nSPS) is 52.4. The third-order valence-electron chi connectivity index (χ3n) is 4.56. The summed E-state index contributed by atoms with van der Waals surface area (Å²) in [6, 6.07) is 0. The molecular weight excluding hydrogens is 256 g/mol. The lowest BCUT2D eigenvalue weighted by Crippen LogP contribution is -2.41. The van der Waals surface area contributed by atoms with E-state index in [0.29, 0.717) is 0 Å². The molecule has 4 unspecified atom stereocenters. The van der Waals surface area contributed by atoms with Crippen LogP contribution in [0.25, 0.3) is 0 Å².